The highest BCUT2D eigenvalue weighted by Gasteiger charge is 2.01. The zero-order chi connectivity index (χ0) is 13.7. The second-order valence-electron chi connectivity index (χ2n) is 3.65. The summed E-state index contributed by atoms with van der Waals surface area (Å²) in [6.07, 6.45) is 1.48. The van der Waals surface area contributed by atoms with E-state index < -0.39 is 5.97 Å². The van der Waals surface area contributed by atoms with Gasteiger partial charge in [0, 0.05) is 11.8 Å². The molecule has 0 aliphatic rings. The van der Waals surface area contributed by atoms with Crippen LogP contribution in [0.5, 0.6) is 0 Å². The maximum atomic E-state index is 10.7. The Hall–Kier alpha value is -2.49. The van der Waals surface area contributed by atoms with Crippen molar-refractivity contribution in [1.29, 1.82) is 0 Å². The highest BCUT2D eigenvalue weighted by Crippen LogP contribution is 2.17. The predicted molar refractivity (Wildman–Crippen MR) is 77.6 cm³/mol. The van der Waals surface area contributed by atoms with Gasteiger partial charge in [0.15, 0.2) is 0 Å². The average Bonchev–Trinajstić information content (AvgIpc) is 2.94. The molecule has 0 saturated carbocycles. The molecule has 1 heterocycles. The van der Waals surface area contributed by atoms with Crippen LogP contribution in [0.3, 0.4) is 0 Å². The van der Waals surface area contributed by atoms with Crippen LogP contribution in [0.4, 0.5) is 5.69 Å². The van der Waals surface area contributed by atoms with Gasteiger partial charge < -0.3 is 10.5 Å². The van der Waals surface area contributed by atoms with Crippen LogP contribution in [0.2, 0.25) is 0 Å². The van der Waals surface area contributed by atoms with Crippen molar-refractivity contribution in [3.8, 4) is 0 Å². The fourth-order valence-electron chi connectivity index (χ4n) is 1.41. The first-order chi connectivity index (χ1) is 9.20. The summed E-state index contributed by atoms with van der Waals surface area (Å²) >= 11 is 1.51. The Labute approximate surface area is 113 Å². The van der Waals surface area contributed by atoms with Crippen LogP contribution >= 0.6 is 11.3 Å². The summed E-state index contributed by atoms with van der Waals surface area (Å²) in [7, 11) is 0. The van der Waals surface area contributed by atoms with Gasteiger partial charge in [0.2, 0.25) is 0 Å². The summed E-state index contributed by atoms with van der Waals surface area (Å²) in [4.78, 5) is 14.9. The Balaban J connectivity index is 2.18. The van der Waals surface area contributed by atoms with E-state index in [4.69, 9.17) is 10.5 Å². The Morgan fingerprint density at radius 2 is 2.00 bits per heavy atom. The van der Waals surface area contributed by atoms with Crippen molar-refractivity contribution in [2.24, 2.45) is 4.99 Å². The standard InChI is InChI=1S/C14H9N2O2S/c15-7-12(11-5-6-19-9-11)8-16-13-3-1-10(2-4-13)14(17)18/h1-6,8-9H,(H,17,18)/q-1. The molecule has 0 bridgehead atoms. The molecule has 0 aliphatic carbocycles. The Kier molecular flexibility index (Phi) is 4.03. The minimum atomic E-state index is -0.974. The van der Waals surface area contributed by atoms with Gasteiger partial charge in [-0.15, -0.1) is 0 Å². The van der Waals surface area contributed by atoms with Gasteiger partial charge >= 0.3 is 5.97 Å². The molecular weight excluding hydrogens is 260 g/mol. The summed E-state index contributed by atoms with van der Waals surface area (Å²) in [5.74, 6) is 1.11. The lowest BCUT2D eigenvalue weighted by Crippen LogP contribution is -1.94. The largest absolute Gasteiger partial charge is 0.763 e. The van der Waals surface area contributed by atoms with Crippen LogP contribution in [-0.4, -0.2) is 23.2 Å². The number of aliphatic imine (C=N–C) groups is 1. The van der Waals surface area contributed by atoms with Gasteiger partial charge in [0.05, 0.1) is 11.3 Å². The van der Waals surface area contributed by atoms with Crippen molar-refractivity contribution >= 4 is 40.7 Å². The number of carbonyl (C=O) groups is 1. The zero-order valence-corrected chi connectivity index (χ0v) is 10.6. The fourth-order valence-corrected chi connectivity index (χ4v) is 2.07. The van der Waals surface area contributed by atoms with Crippen LogP contribution in [0.25, 0.3) is 11.0 Å². The highest BCUT2D eigenvalue weighted by atomic mass is 32.1. The van der Waals surface area contributed by atoms with Crippen LogP contribution in [0.1, 0.15) is 15.9 Å². The van der Waals surface area contributed by atoms with E-state index in [9.17, 15) is 4.79 Å². The molecule has 94 valence electrons. The molecule has 0 unspecified atom stereocenters. The minimum absolute atomic E-state index is 0.210. The third-order valence-electron chi connectivity index (χ3n) is 2.41. The molecule has 5 heteroatoms. The lowest BCUT2D eigenvalue weighted by Gasteiger charge is -1.98. The maximum Gasteiger partial charge on any atom is 0.335 e. The fraction of sp³-hybridized carbons (Fsp3) is 0. The Bertz CT molecular complexity index is 651. The molecule has 1 N–H and O–H groups in total. The molecule has 0 atom stereocenters. The molecule has 1 aromatic heterocycles. The third kappa shape index (κ3) is 3.25. The number of hydrogen-bond donors (Lipinski definition) is 1. The molecule has 0 saturated heterocycles. The van der Waals surface area contributed by atoms with E-state index in [1.807, 2.05) is 16.8 Å². The summed E-state index contributed by atoms with van der Waals surface area (Å²) < 4.78 is 0. The SMILES string of the molecule is [N-]=C=C(C=Nc1ccc(C(=O)O)cc1)c1ccsc1. The third-order valence-corrected chi connectivity index (χ3v) is 3.09. The lowest BCUT2D eigenvalue weighted by molar-refractivity contribution is 0.0697. The molecule has 0 aliphatic heterocycles. The van der Waals surface area contributed by atoms with Gasteiger partial charge in [-0.1, -0.05) is 0 Å². The van der Waals surface area contributed by atoms with E-state index in [2.05, 4.69) is 10.9 Å². The number of rotatable bonds is 4. The molecule has 0 spiro atoms. The van der Waals surface area contributed by atoms with Crippen molar-refractivity contribution in [1.82, 2.24) is 0 Å². The summed E-state index contributed by atoms with van der Waals surface area (Å²) in [6.45, 7) is 0. The van der Waals surface area contributed by atoms with E-state index in [0.29, 0.717) is 11.3 Å². The number of thiophene rings is 1. The molecule has 1 aromatic carbocycles. The molecular formula is C14H9N2O2S-. The average molecular weight is 269 g/mol. The Morgan fingerprint density at radius 1 is 1.26 bits per heavy atom. The predicted octanol–water partition coefficient (Wildman–Crippen LogP) is 3.47. The van der Waals surface area contributed by atoms with E-state index >= 15 is 0 Å². The number of aromatic carboxylic acids is 1. The van der Waals surface area contributed by atoms with Crippen LogP contribution in [-0.2, 0) is 0 Å². The van der Waals surface area contributed by atoms with E-state index in [-0.39, 0.29) is 5.56 Å². The minimum Gasteiger partial charge on any atom is -0.763 e. The van der Waals surface area contributed by atoms with E-state index in [0.717, 1.165) is 5.56 Å². The van der Waals surface area contributed by atoms with Gasteiger partial charge in [-0.2, -0.15) is 11.3 Å². The number of allylic oxidation sites excluding steroid dienone is 1. The summed E-state index contributed by atoms with van der Waals surface area (Å²) in [6, 6.07) is 8.01. The number of carboxylic acid groups (broad SMARTS) is 1. The van der Waals surface area contributed by atoms with Crippen LogP contribution in [0.15, 0.2) is 46.1 Å². The maximum absolute atomic E-state index is 10.7. The first-order valence-electron chi connectivity index (χ1n) is 5.38. The van der Waals surface area contributed by atoms with Crippen LogP contribution in [0, 0.1) is 0 Å². The lowest BCUT2D eigenvalue weighted by atomic mass is 10.2. The topological polar surface area (TPSA) is 72.0 Å². The molecule has 4 nitrogen and oxygen atoms in total. The van der Waals surface area contributed by atoms with Gasteiger partial charge in [-0.25, -0.2) is 4.79 Å². The molecule has 0 radical (unpaired) electrons. The summed E-state index contributed by atoms with van der Waals surface area (Å²) in [5.41, 5.74) is 2.12. The molecule has 19 heavy (non-hydrogen) atoms. The first kappa shape index (κ1) is 13.0. The smallest absolute Gasteiger partial charge is 0.335 e. The van der Waals surface area contributed by atoms with Crippen molar-refractivity contribution in [2.45, 2.75) is 0 Å². The molecule has 0 fully saturated rings. The van der Waals surface area contributed by atoms with Crippen molar-refractivity contribution < 1.29 is 9.90 Å². The second-order valence-corrected chi connectivity index (χ2v) is 4.43. The summed E-state index contributed by atoms with van der Waals surface area (Å²) in [5, 5.41) is 21.6. The Morgan fingerprint density at radius 3 is 2.53 bits per heavy atom. The normalized spacial score (nSPS) is 10.3. The number of hydrogen-bond acceptors (Lipinski definition) is 3. The van der Waals surface area contributed by atoms with Gasteiger partial charge in [0.25, 0.3) is 0 Å². The zero-order valence-electron chi connectivity index (χ0n) is 9.78. The quantitative estimate of drug-likeness (QED) is 0.863. The van der Waals surface area contributed by atoms with Gasteiger partial charge in [-0.05, 0) is 46.7 Å². The number of benzene rings is 1. The van der Waals surface area contributed by atoms with Gasteiger partial charge in [-0.3, -0.25) is 10.9 Å². The molecule has 2 aromatic rings. The second kappa shape index (κ2) is 5.91. The van der Waals surface area contributed by atoms with E-state index in [1.54, 1.807) is 12.1 Å². The van der Waals surface area contributed by atoms with Crippen molar-refractivity contribution in [3.63, 3.8) is 0 Å². The number of carboxylic acids is 1. The molecule has 2 rings (SSSR count). The van der Waals surface area contributed by atoms with Crippen molar-refractivity contribution in [3.05, 3.63) is 57.6 Å². The monoisotopic (exact) mass is 269 g/mol. The van der Waals surface area contributed by atoms with Gasteiger partial charge in [0.1, 0.15) is 0 Å². The highest BCUT2D eigenvalue weighted by molar-refractivity contribution is 7.08. The molecule has 0 amide bonds. The van der Waals surface area contributed by atoms with Crippen LogP contribution < -0.4 is 0 Å². The number of nitrogens with zero attached hydrogens (tertiary/aromatic N) is 2. The van der Waals surface area contributed by atoms with Crippen molar-refractivity contribution in [2.75, 3.05) is 0 Å². The van der Waals surface area contributed by atoms with E-state index in [1.165, 1.54) is 29.7 Å². The first-order valence-corrected chi connectivity index (χ1v) is 6.32.